The highest BCUT2D eigenvalue weighted by atomic mass is 16.3. The van der Waals surface area contributed by atoms with Crippen LogP contribution in [0.4, 0.5) is 5.95 Å². The van der Waals surface area contributed by atoms with Gasteiger partial charge < -0.3 is 9.67 Å². The van der Waals surface area contributed by atoms with Crippen LogP contribution in [0.15, 0.2) is 77.9 Å². The highest BCUT2D eigenvalue weighted by Gasteiger charge is 2.26. The molecule has 0 spiro atoms. The second-order valence-electron chi connectivity index (χ2n) is 8.86. The molecule has 1 aliphatic carbocycles. The predicted molar refractivity (Wildman–Crippen MR) is 132 cm³/mol. The Kier molecular flexibility index (Phi) is 6.03. The largest absolute Gasteiger partial charge is 0.373 e. The number of aliphatic imine (C=N–C) groups is 1. The summed E-state index contributed by atoms with van der Waals surface area (Å²) in [7, 11) is 3.77. The van der Waals surface area contributed by atoms with Crippen molar-refractivity contribution in [2.75, 3.05) is 14.1 Å². The van der Waals surface area contributed by atoms with Crippen LogP contribution in [0.1, 0.15) is 54.8 Å². The van der Waals surface area contributed by atoms with Crippen molar-refractivity contribution in [2.45, 2.75) is 38.0 Å². The maximum atomic E-state index is 10.9. The minimum Gasteiger partial charge on any atom is -0.373 e. The lowest BCUT2D eigenvalue weighted by atomic mass is 10.0. The van der Waals surface area contributed by atoms with E-state index in [2.05, 4.69) is 33.8 Å². The second kappa shape index (κ2) is 9.25. The fourth-order valence-corrected chi connectivity index (χ4v) is 4.67. The maximum Gasteiger partial charge on any atom is 0.251 e. The number of hydrogen-bond acceptors (Lipinski definition) is 5. The van der Waals surface area contributed by atoms with Gasteiger partial charge >= 0.3 is 0 Å². The van der Waals surface area contributed by atoms with Gasteiger partial charge in [-0.15, -0.1) is 0 Å². The molecule has 5 rings (SSSR count). The Labute approximate surface area is 194 Å². The van der Waals surface area contributed by atoms with Crippen molar-refractivity contribution >= 4 is 22.7 Å². The minimum atomic E-state index is -0.698. The fourth-order valence-electron chi connectivity index (χ4n) is 4.67. The van der Waals surface area contributed by atoms with E-state index >= 15 is 0 Å². The zero-order valence-corrected chi connectivity index (χ0v) is 19.1. The van der Waals surface area contributed by atoms with E-state index in [0.29, 0.717) is 12.0 Å². The lowest BCUT2D eigenvalue weighted by Gasteiger charge is -2.24. The molecule has 0 aliphatic heterocycles. The highest BCUT2D eigenvalue weighted by molar-refractivity contribution is 6.13. The molecule has 0 amide bonds. The number of fused-ring (bicyclic) bond motifs is 1. The first-order chi connectivity index (χ1) is 16.1. The van der Waals surface area contributed by atoms with Crippen LogP contribution in [0, 0.1) is 0 Å². The topological polar surface area (TPSA) is 66.5 Å². The van der Waals surface area contributed by atoms with E-state index in [9.17, 15) is 5.11 Å². The zero-order valence-electron chi connectivity index (χ0n) is 19.1. The van der Waals surface area contributed by atoms with Gasteiger partial charge in [-0.1, -0.05) is 73.5 Å². The van der Waals surface area contributed by atoms with Gasteiger partial charge in [-0.25, -0.2) is 9.98 Å². The van der Waals surface area contributed by atoms with Gasteiger partial charge in [0.2, 0.25) is 0 Å². The molecule has 33 heavy (non-hydrogen) atoms. The molecule has 1 atom stereocenters. The third-order valence-electron chi connectivity index (χ3n) is 6.34. The molecule has 1 N–H and O–H groups in total. The van der Waals surface area contributed by atoms with Gasteiger partial charge in [0.05, 0.1) is 11.4 Å². The van der Waals surface area contributed by atoms with Crippen LogP contribution in [0.2, 0.25) is 0 Å². The average Bonchev–Trinajstić information content (AvgIpc) is 3.50. The van der Waals surface area contributed by atoms with E-state index in [-0.39, 0.29) is 0 Å². The molecule has 2 heterocycles. The Balaban J connectivity index is 1.66. The Morgan fingerprint density at radius 1 is 1.00 bits per heavy atom. The number of hydrogen-bond donors (Lipinski definition) is 1. The Bertz CT molecular complexity index is 1220. The van der Waals surface area contributed by atoms with Gasteiger partial charge in [0, 0.05) is 28.8 Å². The van der Waals surface area contributed by atoms with E-state index in [4.69, 9.17) is 9.98 Å². The van der Waals surface area contributed by atoms with Gasteiger partial charge in [-0.3, -0.25) is 4.90 Å². The SMILES string of the molecule is CN(C)C(O)c1cc2cnc(N=C(c3ccccc3)c3ccccc3)nc2n1C1CCCC1. The summed E-state index contributed by atoms with van der Waals surface area (Å²) in [6, 6.07) is 22.6. The molecule has 1 unspecified atom stereocenters. The van der Waals surface area contributed by atoms with Crippen molar-refractivity contribution in [3.8, 4) is 0 Å². The van der Waals surface area contributed by atoms with E-state index in [1.807, 2.05) is 67.7 Å². The predicted octanol–water partition coefficient (Wildman–Crippen LogP) is 5.27. The van der Waals surface area contributed by atoms with Crippen LogP contribution in [-0.2, 0) is 0 Å². The summed E-state index contributed by atoms with van der Waals surface area (Å²) in [4.78, 5) is 16.2. The van der Waals surface area contributed by atoms with Gasteiger partial charge in [0.1, 0.15) is 11.9 Å². The molecule has 6 nitrogen and oxygen atoms in total. The average molecular weight is 440 g/mol. The Morgan fingerprint density at radius 2 is 1.61 bits per heavy atom. The van der Waals surface area contributed by atoms with Crippen molar-refractivity contribution in [3.63, 3.8) is 0 Å². The highest BCUT2D eigenvalue weighted by Crippen LogP contribution is 2.36. The summed E-state index contributed by atoms with van der Waals surface area (Å²) in [5.41, 5.74) is 4.57. The molecular weight excluding hydrogens is 410 g/mol. The van der Waals surface area contributed by atoms with Crippen molar-refractivity contribution < 1.29 is 5.11 Å². The van der Waals surface area contributed by atoms with E-state index in [0.717, 1.165) is 46.4 Å². The standard InChI is InChI=1S/C27H29N5O/c1-31(2)26(33)23-17-21-18-28-27(30-25(21)32(23)22-15-9-10-16-22)29-24(19-11-5-3-6-12-19)20-13-7-4-8-14-20/h3-8,11-14,17-18,22,26,33H,9-10,15-16H2,1-2H3. The van der Waals surface area contributed by atoms with Crippen LogP contribution >= 0.6 is 0 Å². The fraction of sp³-hybridized carbons (Fsp3) is 0.296. The Morgan fingerprint density at radius 3 is 2.18 bits per heavy atom. The Hall–Kier alpha value is -3.35. The van der Waals surface area contributed by atoms with E-state index < -0.39 is 6.23 Å². The smallest absolute Gasteiger partial charge is 0.251 e. The first kappa shape index (κ1) is 21.5. The number of aromatic nitrogens is 3. The van der Waals surface area contributed by atoms with Crippen LogP contribution in [0.3, 0.4) is 0 Å². The molecule has 4 aromatic rings. The van der Waals surface area contributed by atoms with Crippen LogP contribution < -0.4 is 0 Å². The summed E-state index contributed by atoms with van der Waals surface area (Å²) >= 11 is 0. The molecule has 1 aliphatic rings. The van der Waals surface area contributed by atoms with Gasteiger partial charge in [-0.05, 0) is 33.0 Å². The lowest BCUT2D eigenvalue weighted by Crippen LogP contribution is -2.23. The maximum absolute atomic E-state index is 10.9. The summed E-state index contributed by atoms with van der Waals surface area (Å²) < 4.78 is 2.22. The number of nitrogens with zero attached hydrogens (tertiary/aromatic N) is 5. The molecule has 0 bridgehead atoms. The summed E-state index contributed by atoms with van der Waals surface area (Å²) in [6.45, 7) is 0. The van der Waals surface area contributed by atoms with Crippen molar-refractivity contribution in [2.24, 2.45) is 4.99 Å². The zero-order chi connectivity index (χ0) is 22.8. The molecule has 0 radical (unpaired) electrons. The molecular formula is C27H29N5O. The quantitative estimate of drug-likeness (QED) is 0.328. The molecule has 1 saturated carbocycles. The number of aliphatic hydroxyl groups is 1. The summed E-state index contributed by atoms with van der Waals surface area (Å²) in [5.74, 6) is 0.424. The monoisotopic (exact) mass is 439 g/mol. The summed E-state index contributed by atoms with van der Waals surface area (Å²) in [5, 5.41) is 11.8. The van der Waals surface area contributed by atoms with Crippen molar-refractivity contribution in [3.05, 3.63) is 89.7 Å². The molecule has 6 heteroatoms. The van der Waals surface area contributed by atoms with Crippen LogP contribution in [-0.4, -0.2) is 44.3 Å². The second-order valence-corrected chi connectivity index (χ2v) is 8.86. The summed E-state index contributed by atoms with van der Waals surface area (Å²) in [6.07, 6.45) is 5.72. The van der Waals surface area contributed by atoms with Gasteiger partial charge in [-0.2, -0.15) is 4.98 Å². The van der Waals surface area contributed by atoms with Crippen LogP contribution in [0.5, 0.6) is 0 Å². The van der Waals surface area contributed by atoms with Crippen molar-refractivity contribution in [1.82, 2.24) is 19.4 Å². The van der Waals surface area contributed by atoms with E-state index in [1.165, 1.54) is 12.8 Å². The third-order valence-corrected chi connectivity index (χ3v) is 6.34. The number of benzene rings is 2. The first-order valence-corrected chi connectivity index (χ1v) is 11.5. The van der Waals surface area contributed by atoms with Crippen molar-refractivity contribution in [1.29, 1.82) is 0 Å². The number of aliphatic hydroxyl groups excluding tert-OH is 1. The molecule has 168 valence electrons. The third kappa shape index (κ3) is 4.32. The minimum absolute atomic E-state index is 0.335. The van der Waals surface area contributed by atoms with Gasteiger partial charge in [0.15, 0.2) is 0 Å². The normalized spacial score (nSPS) is 15.3. The first-order valence-electron chi connectivity index (χ1n) is 11.5. The number of rotatable bonds is 6. The molecule has 1 fully saturated rings. The molecule has 2 aromatic heterocycles. The van der Waals surface area contributed by atoms with Gasteiger partial charge in [0.25, 0.3) is 5.95 Å². The van der Waals surface area contributed by atoms with E-state index in [1.54, 1.807) is 0 Å². The molecule has 2 aromatic carbocycles. The molecule has 0 saturated heterocycles. The lowest BCUT2D eigenvalue weighted by molar-refractivity contribution is 0.0319. The van der Waals surface area contributed by atoms with Crippen LogP contribution in [0.25, 0.3) is 11.0 Å².